The van der Waals surface area contributed by atoms with Gasteiger partial charge >= 0.3 is 0 Å². The molecule has 2 N–H and O–H groups in total. The Morgan fingerprint density at radius 1 is 1.45 bits per heavy atom. The van der Waals surface area contributed by atoms with Crippen molar-refractivity contribution in [3.05, 3.63) is 36.4 Å². The molecule has 1 aromatic carbocycles. The zero-order valence-electron chi connectivity index (χ0n) is 12.8. The molecule has 0 unspecified atom stereocenters. The number of nitrogens with one attached hydrogen (secondary N) is 2. The average Bonchev–Trinajstić information content (AvgIpc) is 3.05. The Labute approximate surface area is 130 Å². The summed E-state index contributed by atoms with van der Waals surface area (Å²) in [6, 6.07) is 6.25. The van der Waals surface area contributed by atoms with E-state index in [4.69, 9.17) is 9.47 Å². The number of hydrogen-bond donors (Lipinski definition) is 2. The zero-order valence-corrected chi connectivity index (χ0v) is 12.8. The van der Waals surface area contributed by atoms with Crippen LogP contribution in [0.25, 0.3) is 0 Å². The third kappa shape index (κ3) is 3.51. The van der Waals surface area contributed by atoms with E-state index in [1.165, 1.54) is 0 Å². The summed E-state index contributed by atoms with van der Waals surface area (Å²) in [5.74, 6) is 0.938. The number of anilines is 2. The van der Waals surface area contributed by atoms with Crippen molar-refractivity contribution in [3.63, 3.8) is 0 Å². The number of hydrogen-bond acceptors (Lipinski definition) is 5. The number of fused-ring (bicyclic) bond motifs is 1. The first-order chi connectivity index (χ1) is 10.9. The number of H-pyrrole nitrogens is 1. The van der Waals surface area contributed by atoms with Crippen molar-refractivity contribution in [2.75, 3.05) is 43.6 Å². The Morgan fingerprint density at radius 2 is 2.41 bits per heavy atom. The van der Waals surface area contributed by atoms with Gasteiger partial charge in [0, 0.05) is 32.1 Å². The lowest BCUT2D eigenvalue weighted by molar-refractivity contribution is 0.198. The molecule has 1 aromatic heterocycles. The van der Waals surface area contributed by atoms with Gasteiger partial charge in [-0.1, -0.05) is 0 Å². The summed E-state index contributed by atoms with van der Waals surface area (Å²) in [5, 5.41) is 3.43. The summed E-state index contributed by atoms with van der Waals surface area (Å²) in [4.78, 5) is 9.55. The molecule has 0 aliphatic carbocycles. The number of imidazole rings is 1. The highest BCUT2D eigenvalue weighted by molar-refractivity contribution is 5.67. The van der Waals surface area contributed by atoms with Crippen LogP contribution in [-0.2, 0) is 11.3 Å². The van der Waals surface area contributed by atoms with Crippen LogP contribution >= 0.6 is 0 Å². The SMILES string of the molecule is COCCCNc1ccc2c(c1)N(Cc1cnc[nH]1)CCO2. The van der Waals surface area contributed by atoms with Gasteiger partial charge in [-0.3, -0.25) is 0 Å². The lowest BCUT2D eigenvalue weighted by Crippen LogP contribution is -2.32. The molecular formula is C16H22N4O2. The van der Waals surface area contributed by atoms with E-state index in [1.807, 2.05) is 12.3 Å². The van der Waals surface area contributed by atoms with Gasteiger partial charge in [-0.2, -0.15) is 0 Å². The van der Waals surface area contributed by atoms with E-state index >= 15 is 0 Å². The molecular weight excluding hydrogens is 280 g/mol. The minimum atomic E-state index is 0.710. The molecule has 0 spiro atoms. The van der Waals surface area contributed by atoms with E-state index in [0.717, 1.165) is 55.5 Å². The maximum atomic E-state index is 5.76. The molecule has 6 nitrogen and oxygen atoms in total. The minimum Gasteiger partial charge on any atom is -0.490 e. The van der Waals surface area contributed by atoms with Gasteiger partial charge in [0.1, 0.15) is 12.4 Å². The van der Waals surface area contributed by atoms with E-state index in [0.29, 0.717) is 6.61 Å². The predicted molar refractivity (Wildman–Crippen MR) is 86.6 cm³/mol. The monoisotopic (exact) mass is 302 g/mol. The van der Waals surface area contributed by atoms with Crippen LogP contribution in [0.2, 0.25) is 0 Å². The molecule has 0 amide bonds. The summed E-state index contributed by atoms with van der Waals surface area (Å²) in [5.41, 5.74) is 3.33. The van der Waals surface area contributed by atoms with Gasteiger partial charge in [-0.05, 0) is 24.6 Å². The fourth-order valence-electron chi connectivity index (χ4n) is 2.57. The first kappa shape index (κ1) is 14.7. The molecule has 2 aromatic rings. The fourth-order valence-corrected chi connectivity index (χ4v) is 2.57. The lowest BCUT2D eigenvalue weighted by atomic mass is 10.2. The average molecular weight is 302 g/mol. The standard InChI is InChI=1S/C16H22N4O2/c1-21-7-2-5-18-13-3-4-16-15(9-13)20(6-8-22-16)11-14-10-17-12-19-14/h3-4,9-10,12,18H,2,5-8,11H2,1H3,(H,17,19). The first-order valence-corrected chi connectivity index (χ1v) is 7.58. The number of aromatic nitrogens is 2. The second-order valence-corrected chi connectivity index (χ2v) is 5.30. The van der Waals surface area contributed by atoms with Gasteiger partial charge in [-0.25, -0.2) is 4.98 Å². The second-order valence-electron chi connectivity index (χ2n) is 5.30. The van der Waals surface area contributed by atoms with Crippen LogP contribution in [0, 0.1) is 0 Å². The lowest BCUT2D eigenvalue weighted by Gasteiger charge is -2.31. The van der Waals surface area contributed by atoms with Crippen LogP contribution in [0.4, 0.5) is 11.4 Å². The largest absolute Gasteiger partial charge is 0.490 e. The van der Waals surface area contributed by atoms with Crippen LogP contribution < -0.4 is 15.0 Å². The topological polar surface area (TPSA) is 62.4 Å². The van der Waals surface area contributed by atoms with E-state index in [-0.39, 0.29) is 0 Å². The van der Waals surface area contributed by atoms with E-state index < -0.39 is 0 Å². The summed E-state index contributed by atoms with van der Waals surface area (Å²) < 4.78 is 10.8. The molecule has 0 saturated carbocycles. The molecule has 0 fully saturated rings. The Hall–Kier alpha value is -2.21. The zero-order chi connectivity index (χ0) is 15.2. The molecule has 22 heavy (non-hydrogen) atoms. The van der Waals surface area contributed by atoms with Crippen LogP contribution in [0.1, 0.15) is 12.1 Å². The number of nitrogens with zero attached hydrogens (tertiary/aromatic N) is 2. The van der Waals surface area contributed by atoms with Gasteiger partial charge < -0.3 is 24.7 Å². The number of benzene rings is 1. The highest BCUT2D eigenvalue weighted by Crippen LogP contribution is 2.34. The van der Waals surface area contributed by atoms with Crippen molar-refractivity contribution in [2.45, 2.75) is 13.0 Å². The fraction of sp³-hybridized carbons (Fsp3) is 0.438. The molecule has 2 heterocycles. The number of ether oxygens (including phenoxy) is 2. The summed E-state index contributed by atoms with van der Waals surface area (Å²) in [6.45, 7) is 4.06. The van der Waals surface area contributed by atoms with Crippen molar-refractivity contribution in [3.8, 4) is 5.75 Å². The second kappa shape index (κ2) is 7.17. The Kier molecular flexibility index (Phi) is 4.80. The maximum Gasteiger partial charge on any atom is 0.142 e. The predicted octanol–water partition coefficient (Wildman–Crippen LogP) is 2.26. The van der Waals surface area contributed by atoms with E-state index in [2.05, 4.69) is 32.3 Å². The van der Waals surface area contributed by atoms with Crippen molar-refractivity contribution >= 4 is 11.4 Å². The molecule has 1 aliphatic rings. The van der Waals surface area contributed by atoms with Crippen LogP contribution in [0.3, 0.4) is 0 Å². The molecule has 6 heteroatoms. The minimum absolute atomic E-state index is 0.710. The molecule has 0 bridgehead atoms. The third-order valence-electron chi connectivity index (χ3n) is 3.69. The maximum absolute atomic E-state index is 5.76. The number of aromatic amines is 1. The van der Waals surface area contributed by atoms with E-state index in [1.54, 1.807) is 13.4 Å². The van der Waals surface area contributed by atoms with Crippen LogP contribution in [-0.4, -0.2) is 43.4 Å². The normalized spacial score (nSPS) is 13.6. The van der Waals surface area contributed by atoms with Gasteiger partial charge in [0.2, 0.25) is 0 Å². The Morgan fingerprint density at radius 3 is 3.23 bits per heavy atom. The van der Waals surface area contributed by atoms with Crippen LogP contribution in [0.15, 0.2) is 30.7 Å². The highest BCUT2D eigenvalue weighted by atomic mass is 16.5. The van der Waals surface area contributed by atoms with Gasteiger partial charge in [0.15, 0.2) is 0 Å². The first-order valence-electron chi connectivity index (χ1n) is 7.58. The van der Waals surface area contributed by atoms with Gasteiger partial charge in [0.25, 0.3) is 0 Å². The van der Waals surface area contributed by atoms with Crippen molar-refractivity contribution < 1.29 is 9.47 Å². The van der Waals surface area contributed by atoms with Crippen molar-refractivity contribution in [1.29, 1.82) is 0 Å². The molecule has 1 aliphatic heterocycles. The quantitative estimate of drug-likeness (QED) is 0.768. The molecule has 0 radical (unpaired) electrons. The smallest absolute Gasteiger partial charge is 0.142 e. The van der Waals surface area contributed by atoms with Gasteiger partial charge in [0.05, 0.1) is 30.8 Å². The molecule has 118 valence electrons. The molecule has 0 atom stereocenters. The summed E-state index contributed by atoms with van der Waals surface area (Å²) in [6.07, 6.45) is 4.56. The third-order valence-corrected chi connectivity index (χ3v) is 3.69. The number of rotatable bonds is 7. The van der Waals surface area contributed by atoms with Crippen molar-refractivity contribution in [2.24, 2.45) is 0 Å². The molecule has 0 saturated heterocycles. The van der Waals surface area contributed by atoms with Crippen LogP contribution in [0.5, 0.6) is 5.75 Å². The van der Waals surface area contributed by atoms with Gasteiger partial charge in [-0.15, -0.1) is 0 Å². The van der Waals surface area contributed by atoms with Crippen molar-refractivity contribution in [1.82, 2.24) is 9.97 Å². The summed E-state index contributed by atoms with van der Waals surface area (Å²) in [7, 11) is 1.73. The Bertz CT molecular complexity index is 586. The number of methoxy groups -OCH3 is 1. The Balaban J connectivity index is 1.70. The highest BCUT2D eigenvalue weighted by Gasteiger charge is 2.19. The summed E-state index contributed by atoms with van der Waals surface area (Å²) >= 11 is 0. The van der Waals surface area contributed by atoms with E-state index in [9.17, 15) is 0 Å². The molecule has 3 rings (SSSR count).